The molecule has 1 amide bonds. The summed E-state index contributed by atoms with van der Waals surface area (Å²) in [5.74, 6) is 0.0724. The summed E-state index contributed by atoms with van der Waals surface area (Å²) < 4.78 is 12.8. The van der Waals surface area contributed by atoms with Crippen molar-refractivity contribution >= 4 is 17.3 Å². The zero-order valence-corrected chi connectivity index (χ0v) is 9.71. The lowest BCUT2D eigenvalue weighted by Crippen LogP contribution is -2.16. The van der Waals surface area contributed by atoms with Gasteiger partial charge >= 0.3 is 0 Å². The molecule has 0 aliphatic heterocycles. The van der Waals surface area contributed by atoms with Crippen LogP contribution in [-0.2, 0) is 4.79 Å². The number of carbonyl (C=O) groups is 1. The molecule has 0 radical (unpaired) electrons. The SMILES string of the molecule is Nc1cc(F)ccc1NC(=O)CC1CCCC1. The van der Waals surface area contributed by atoms with Crippen LogP contribution in [0.3, 0.4) is 0 Å². The van der Waals surface area contributed by atoms with Crippen molar-refractivity contribution in [3.63, 3.8) is 0 Å². The minimum atomic E-state index is -0.392. The van der Waals surface area contributed by atoms with Crippen LogP contribution in [0.15, 0.2) is 18.2 Å². The number of hydrogen-bond donors (Lipinski definition) is 2. The van der Waals surface area contributed by atoms with Crippen LogP contribution in [0.5, 0.6) is 0 Å². The molecule has 1 saturated carbocycles. The molecule has 17 heavy (non-hydrogen) atoms. The number of nitrogens with two attached hydrogens (primary N) is 1. The largest absolute Gasteiger partial charge is 0.397 e. The Balaban J connectivity index is 1.93. The highest BCUT2D eigenvalue weighted by molar-refractivity contribution is 5.93. The minimum absolute atomic E-state index is 0.0322. The van der Waals surface area contributed by atoms with E-state index in [1.807, 2.05) is 0 Å². The molecule has 0 heterocycles. The first kappa shape index (κ1) is 11.9. The highest BCUT2D eigenvalue weighted by Crippen LogP contribution is 2.28. The van der Waals surface area contributed by atoms with Crippen LogP contribution < -0.4 is 11.1 Å². The van der Waals surface area contributed by atoms with Gasteiger partial charge in [0.15, 0.2) is 0 Å². The van der Waals surface area contributed by atoms with Gasteiger partial charge in [0.2, 0.25) is 5.91 Å². The Labute approximate surface area is 100 Å². The molecule has 0 unspecified atom stereocenters. The number of benzene rings is 1. The fourth-order valence-corrected chi connectivity index (χ4v) is 2.33. The van der Waals surface area contributed by atoms with Crippen molar-refractivity contribution in [3.8, 4) is 0 Å². The average Bonchev–Trinajstić information content (AvgIpc) is 2.75. The Kier molecular flexibility index (Phi) is 3.61. The lowest BCUT2D eigenvalue weighted by Gasteiger charge is -2.11. The van der Waals surface area contributed by atoms with Gasteiger partial charge < -0.3 is 11.1 Å². The molecule has 2 rings (SSSR count). The Bertz CT molecular complexity index is 414. The topological polar surface area (TPSA) is 55.1 Å². The molecule has 92 valence electrons. The van der Waals surface area contributed by atoms with Crippen molar-refractivity contribution in [2.75, 3.05) is 11.1 Å². The number of halogens is 1. The van der Waals surface area contributed by atoms with Gasteiger partial charge in [0.25, 0.3) is 0 Å². The highest BCUT2D eigenvalue weighted by atomic mass is 19.1. The van der Waals surface area contributed by atoms with Crippen LogP contribution in [0.25, 0.3) is 0 Å². The second kappa shape index (κ2) is 5.17. The first-order valence-corrected chi connectivity index (χ1v) is 6.00. The molecule has 1 fully saturated rings. The lowest BCUT2D eigenvalue weighted by molar-refractivity contribution is -0.117. The summed E-state index contributed by atoms with van der Waals surface area (Å²) in [6.45, 7) is 0. The molecule has 3 nitrogen and oxygen atoms in total. The van der Waals surface area contributed by atoms with E-state index in [-0.39, 0.29) is 11.6 Å². The average molecular weight is 236 g/mol. The summed E-state index contributed by atoms with van der Waals surface area (Å²) in [6, 6.07) is 4.00. The smallest absolute Gasteiger partial charge is 0.224 e. The maximum Gasteiger partial charge on any atom is 0.224 e. The van der Waals surface area contributed by atoms with Crippen LogP contribution >= 0.6 is 0 Å². The van der Waals surface area contributed by atoms with E-state index in [1.165, 1.54) is 31.0 Å². The van der Waals surface area contributed by atoms with Gasteiger partial charge in [-0.05, 0) is 37.0 Å². The van der Waals surface area contributed by atoms with E-state index in [9.17, 15) is 9.18 Å². The number of nitrogens with one attached hydrogen (secondary N) is 1. The van der Waals surface area contributed by atoms with Crippen molar-refractivity contribution in [2.24, 2.45) is 5.92 Å². The number of rotatable bonds is 3. The standard InChI is InChI=1S/C13H17FN2O/c14-10-5-6-12(11(15)8-10)16-13(17)7-9-3-1-2-4-9/h5-6,8-9H,1-4,7,15H2,(H,16,17). The van der Waals surface area contributed by atoms with E-state index in [0.717, 1.165) is 12.8 Å². The third-order valence-electron chi connectivity index (χ3n) is 3.24. The van der Waals surface area contributed by atoms with Gasteiger partial charge in [0.05, 0.1) is 11.4 Å². The van der Waals surface area contributed by atoms with Crippen molar-refractivity contribution in [1.29, 1.82) is 0 Å². The van der Waals surface area contributed by atoms with E-state index >= 15 is 0 Å². The molecule has 3 N–H and O–H groups in total. The van der Waals surface area contributed by atoms with Gasteiger partial charge in [0.1, 0.15) is 5.82 Å². The fraction of sp³-hybridized carbons (Fsp3) is 0.462. The lowest BCUT2D eigenvalue weighted by atomic mass is 10.0. The number of anilines is 2. The van der Waals surface area contributed by atoms with Gasteiger partial charge in [-0.25, -0.2) is 4.39 Å². The second-order valence-electron chi connectivity index (χ2n) is 4.63. The van der Waals surface area contributed by atoms with E-state index < -0.39 is 5.82 Å². The Morgan fingerprint density at radius 3 is 2.76 bits per heavy atom. The molecule has 1 aromatic rings. The van der Waals surface area contributed by atoms with Gasteiger partial charge in [-0.1, -0.05) is 12.8 Å². The molecule has 0 aromatic heterocycles. The molecule has 4 heteroatoms. The van der Waals surface area contributed by atoms with E-state index in [0.29, 0.717) is 18.0 Å². The molecule has 1 aliphatic carbocycles. The summed E-state index contributed by atoms with van der Waals surface area (Å²) in [4.78, 5) is 11.7. The monoisotopic (exact) mass is 236 g/mol. The third-order valence-corrected chi connectivity index (χ3v) is 3.24. The van der Waals surface area contributed by atoms with Crippen LogP contribution in [-0.4, -0.2) is 5.91 Å². The summed E-state index contributed by atoms with van der Waals surface area (Å²) in [5, 5.41) is 2.73. The predicted octanol–water partition coefficient (Wildman–Crippen LogP) is 2.93. The first-order chi connectivity index (χ1) is 8.15. The van der Waals surface area contributed by atoms with Crippen molar-refractivity contribution in [2.45, 2.75) is 32.1 Å². The maximum atomic E-state index is 12.8. The fourth-order valence-electron chi connectivity index (χ4n) is 2.33. The number of carbonyl (C=O) groups excluding carboxylic acids is 1. The summed E-state index contributed by atoms with van der Waals surface area (Å²) in [5.41, 5.74) is 6.39. The zero-order chi connectivity index (χ0) is 12.3. The Morgan fingerprint density at radius 2 is 2.12 bits per heavy atom. The van der Waals surface area contributed by atoms with Crippen LogP contribution in [0, 0.1) is 11.7 Å². The number of hydrogen-bond acceptors (Lipinski definition) is 2. The third kappa shape index (κ3) is 3.19. The summed E-state index contributed by atoms with van der Waals surface area (Å²) >= 11 is 0. The summed E-state index contributed by atoms with van der Waals surface area (Å²) in [7, 11) is 0. The van der Waals surface area contributed by atoms with Gasteiger partial charge in [0, 0.05) is 6.42 Å². The molecular weight excluding hydrogens is 219 g/mol. The molecule has 0 spiro atoms. The summed E-state index contributed by atoms with van der Waals surface area (Å²) in [6.07, 6.45) is 5.24. The quantitative estimate of drug-likeness (QED) is 0.793. The van der Waals surface area contributed by atoms with E-state index in [2.05, 4.69) is 5.32 Å². The van der Waals surface area contributed by atoms with E-state index in [1.54, 1.807) is 0 Å². The molecule has 1 aliphatic rings. The molecule has 1 aromatic carbocycles. The maximum absolute atomic E-state index is 12.8. The van der Waals surface area contributed by atoms with Crippen LogP contribution in [0.4, 0.5) is 15.8 Å². The molecule has 0 saturated heterocycles. The van der Waals surface area contributed by atoms with Crippen molar-refractivity contribution < 1.29 is 9.18 Å². The van der Waals surface area contributed by atoms with Gasteiger partial charge in [-0.15, -0.1) is 0 Å². The van der Waals surface area contributed by atoms with Crippen LogP contribution in [0.2, 0.25) is 0 Å². The number of nitrogen functional groups attached to an aromatic ring is 1. The molecule has 0 bridgehead atoms. The number of amides is 1. The minimum Gasteiger partial charge on any atom is -0.397 e. The zero-order valence-electron chi connectivity index (χ0n) is 9.71. The van der Waals surface area contributed by atoms with Crippen molar-refractivity contribution in [1.82, 2.24) is 0 Å². The molecule has 0 atom stereocenters. The van der Waals surface area contributed by atoms with Gasteiger partial charge in [-0.2, -0.15) is 0 Å². The predicted molar refractivity (Wildman–Crippen MR) is 66.0 cm³/mol. The van der Waals surface area contributed by atoms with Crippen molar-refractivity contribution in [3.05, 3.63) is 24.0 Å². The highest BCUT2D eigenvalue weighted by Gasteiger charge is 2.18. The van der Waals surface area contributed by atoms with Crippen LogP contribution in [0.1, 0.15) is 32.1 Å². The van der Waals surface area contributed by atoms with E-state index in [4.69, 9.17) is 5.73 Å². The Hall–Kier alpha value is -1.58. The molecular formula is C13H17FN2O. The Morgan fingerprint density at radius 1 is 1.41 bits per heavy atom. The van der Waals surface area contributed by atoms with Gasteiger partial charge in [-0.3, -0.25) is 4.79 Å². The first-order valence-electron chi connectivity index (χ1n) is 6.00. The normalized spacial score (nSPS) is 16.1. The second-order valence-corrected chi connectivity index (χ2v) is 4.63.